The van der Waals surface area contributed by atoms with E-state index < -0.39 is 11.7 Å². The molecule has 0 spiro atoms. The van der Waals surface area contributed by atoms with Crippen molar-refractivity contribution in [3.05, 3.63) is 76.4 Å². The minimum atomic E-state index is -4.39. The van der Waals surface area contributed by atoms with Crippen LogP contribution in [0.25, 0.3) is 10.4 Å². The lowest BCUT2D eigenvalue weighted by molar-refractivity contribution is -0.137. The van der Waals surface area contributed by atoms with Crippen LogP contribution >= 0.6 is 11.3 Å². The van der Waals surface area contributed by atoms with Gasteiger partial charge in [-0.15, -0.1) is 11.3 Å². The first-order valence-corrected chi connectivity index (χ1v) is 9.79. The van der Waals surface area contributed by atoms with Crippen LogP contribution in [-0.4, -0.2) is 28.9 Å². The largest absolute Gasteiger partial charge is 0.416 e. The van der Waals surface area contributed by atoms with Gasteiger partial charge in [0.05, 0.1) is 15.4 Å². The predicted octanol–water partition coefficient (Wildman–Crippen LogP) is 4.74. The highest BCUT2D eigenvalue weighted by Gasteiger charge is 2.30. The van der Waals surface area contributed by atoms with Gasteiger partial charge in [0.2, 0.25) is 0 Å². The molecule has 0 saturated carbocycles. The van der Waals surface area contributed by atoms with E-state index in [4.69, 9.17) is 5.73 Å². The fraction of sp³-hybridized carbons (Fsp3) is 0.238. The van der Waals surface area contributed by atoms with Crippen molar-refractivity contribution in [3.63, 3.8) is 0 Å². The Bertz CT molecular complexity index is 969. The molecule has 3 aromatic rings. The number of hydrogen-bond acceptors (Lipinski definition) is 4. The Labute approximate surface area is 170 Å². The molecule has 2 N–H and O–H groups in total. The second-order valence-electron chi connectivity index (χ2n) is 6.49. The van der Waals surface area contributed by atoms with Crippen molar-refractivity contribution in [1.82, 2.24) is 9.88 Å². The number of carbonyl (C=O) groups is 1. The Kier molecular flexibility index (Phi) is 6.34. The first-order chi connectivity index (χ1) is 13.8. The minimum absolute atomic E-state index is 0.152. The summed E-state index contributed by atoms with van der Waals surface area (Å²) in [6, 6.07) is 14.3. The van der Waals surface area contributed by atoms with Crippen LogP contribution in [0.15, 0.2) is 54.6 Å². The van der Waals surface area contributed by atoms with Gasteiger partial charge in [-0.05, 0) is 30.2 Å². The molecule has 0 saturated heterocycles. The van der Waals surface area contributed by atoms with E-state index in [2.05, 4.69) is 4.98 Å². The van der Waals surface area contributed by atoms with Gasteiger partial charge in [-0.3, -0.25) is 4.79 Å². The van der Waals surface area contributed by atoms with Crippen molar-refractivity contribution in [1.29, 1.82) is 0 Å². The Morgan fingerprint density at radius 1 is 1.10 bits per heavy atom. The molecule has 0 fully saturated rings. The molecule has 1 heterocycles. The summed E-state index contributed by atoms with van der Waals surface area (Å²) in [7, 11) is 0. The number of amides is 1. The molecule has 0 bridgehead atoms. The van der Waals surface area contributed by atoms with E-state index in [-0.39, 0.29) is 25.5 Å². The number of aryl methyl sites for hydroxylation is 1. The van der Waals surface area contributed by atoms with Crippen molar-refractivity contribution in [2.24, 2.45) is 5.73 Å². The fourth-order valence-corrected chi connectivity index (χ4v) is 3.85. The zero-order valence-corrected chi connectivity index (χ0v) is 16.6. The average molecular weight is 419 g/mol. The highest BCUT2D eigenvalue weighted by atomic mass is 32.1. The van der Waals surface area contributed by atoms with Gasteiger partial charge in [-0.1, -0.05) is 42.5 Å². The zero-order chi connectivity index (χ0) is 21.0. The van der Waals surface area contributed by atoms with E-state index in [1.807, 2.05) is 37.3 Å². The van der Waals surface area contributed by atoms with Gasteiger partial charge in [-0.2, -0.15) is 13.2 Å². The topological polar surface area (TPSA) is 59.2 Å². The SMILES string of the molecule is Cc1nc(C(=O)N(CCN)Cc2ccc(C(F)(F)F)cc2)c(-c2ccccc2)s1. The van der Waals surface area contributed by atoms with Gasteiger partial charge in [0.1, 0.15) is 5.69 Å². The molecule has 0 aliphatic carbocycles. The highest BCUT2D eigenvalue weighted by molar-refractivity contribution is 7.15. The lowest BCUT2D eigenvalue weighted by Crippen LogP contribution is -2.35. The van der Waals surface area contributed by atoms with Gasteiger partial charge in [0.15, 0.2) is 0 Å². The van der Waals surface area contributed by atoms with Gasteiger partial charge < -0.3 is 10.6 Å². The van der Waals surface area contributed by atoms with E-state index in [0.717, 1.165) is 27.6 Å². The third-order valence-corrected chi connectivity index (χ3v) is 5.33. The van der Waals surface area contributed by atoms with Gasteiger partial charge >= 0.3 is 6.18 Å². The second-order valence-corrected chi connectivity index (χ2v) is 7.69. The summed E-state index contributed by atoms with van der Waals surface area (Å²) in [5.41, 5.74) is 6.77. The number of carbonyl (C=O) groups excluding carboxylic acids is 1. The van der Waals surface area contributed by atoms with E-state index in [9.17, 15) is 18.0 Å². The monoisotopic (exact) mass is 419 g/mol. The predicted molar refractivity (Wildman–Crippen MR) is 108 cm³/mol. The van der Waals surface area contributed by atoms with E-state index in [1.54, 1.807) is 0 Å². The van der Waals surface area contributed by atoms with E-state index in [0.29, 0.717) is 11.3 Å². The lowest BCUT2D eigenvalue weighted by atomic mass is 10.1. The summed E-state index contributed by atoms with van der Waals surface area (Å²) in [4.78, 5) is 19.9. The number of nitrogens with two attached hydrogens (primary N) is 1. The molecule has 0 aliphatic heterocycles. The maximum Gasteiger partial charge on any atom is 0.416 e. The number of nitrogens with zero attached hydrogens (tertiary/aromatic N) is 2. The molecule has 4 nitrogen and oxygen atoms in total. The molecule has 0 radical (unpaired) electrons. The Balaban J connectivity index is 1.87. The van der Waals surface area contributed by atoms with Crippen LogP contribution in [0.1, 0.15) is 26.6 Å². The highest BCUT2D eigenvalue weighted by Crippen LogP contribution is 2.32. The number of rotatable bonds is 6. The van der Waals surface area contributed by atoms with Crippen molar-refractivity contribution < 1.29 is 18.0 Å². The van der Waals surface area contributed by atoms with Crippen LogP contribution in [0.4, 0.5) is 13.2 Å². The average Bonchev–Trinajstić information content (AvgIpc) is 3.09. The molecule has 0 aliphatic rings. The molecule has 0 unspecified atom stereocenters. The molecule has 3 rings (SSSR count). The molecule has 8 heteroatoms. The number of thiazole rings is 1. The van der Waals surface area contributed by atoms with Crippen LogP contribution in [0.5, 0.6) is 0 Å². The maximum atomic E-state index is 13.2. The van der Waals surface area contributed by atoms with Crippen LogP contribution < -0.4 is 5.73 Å². The summed E-state index contributed by atoms with van der Waals surface area (Å²) >= 11 is 1.43. The summed E-state index contributed by atoms with van der Waals surface area (Å²) in [5.74, 6) is -0.293. The smallest absolute Gasteiger partial charge is 0.332 e. The Morgan fingerprint density at radius 3 is 2.34 bits per heavy atom. The quantitative estimate of drug-likeness (QED) is 0.628. The van der Waals surface area contributed by atoms with Crippen molar-refractivity contribution in [2.45, 2.75) is 19.6 Å². The van der Waals surface area contributed by atoms with Crippen molar-refractivity contribution in [3.8, 4) is 10.4 Å². The first kappa shape index (κ1) is 21.0. The molecule has 1 aromatic heterocycles. The van der Waals surface area contributed by atoms with Crippen LogP contribution in [-0.2, 0) is 12.7 Å². The van der Waals surface area contributed by atoms with Gasteiger partial charge in [0, 0.05) is 19.6 Å². The Morgan fingerprint density at radius 2 is 1.76 bits per heavy atom. The van der Waals surface area contributed by atoms with E-state index >= 15 is 0 Å². The molecule has 1 amide bonds. The third-order valence-electron chi connectivity index (χ3n) is 4.31. The molecule has 0 atom stereocenters. The second kappa shape index (κ2) is 8.75. The summed E-state index contributed by atoms with van der Waals surface area (Å²) < 4.78 is 38.3. The molecule has 29 heavy (non-hydrogen) atoms. The number of alkyl halides is 3. The number of halogens is 3. The third kappa shape index (κ3) is 5.02. The Hall–Kier alpha value is -2.71. The lowest BCUT2D eigenvalue weighted by Gasteiger charge is -2.22. The fourth-order valence-electron chi connectivity index (χ4n) is 2.93. The van der Waals surface area contributed by atoms with Crippen molar-refractivity contribution in [2.75, 3.05) is 13.1 Å². The normalized spacial score (nSPS) is 11.5. The molecular weight excluding hydrogens is 399 g/mol. The van der Waals surface area contributed by atoms with Crippen LogP contribution in [0.3, 0.4) is 0 Å². The van der Waals surface area contributed by atoms with Crippen molar-refractivity contribution >= 4 is 17.2 Å². The summed E-state index contributed by atoms with van der Waals surface area (Å²) in [6.45, 7) is 2.48. The summed E-state index contributed by atoms with van der Waals surface area (Å²) in [6.07, 6.45) is -4.39. The molecule has 2 aromatic carbocycles. The van der Waals surface area contributed by atoms with E-state index in [1.165, 1.54) is 28.4 Å². The van der Waals surface area contributed by atoms with Gasteiger partial charge in [-0.25, -0.2) is 4.98 Å². The van der Waals surface area contributed by atoms with Crippen LogP contribution in [0, 0.1) is 6.92 Å². The standard InChI is InChI=1S/C21H20F3N3OS/c1-14-26-18(19(29-14)16-5-3-2-4-6-16)20(28)27(12-11-25)13-15-7-9-17(10-8-15)21(22,23)24/h2-10H,11-13,25H2,1H3. The first-order valence-electron chi connectivity index (χ1n) is 8.98. The summed E-state index contributed by atoms with van der Waals surface area (Å²) in [5, 5.41) is 0.759. The number of aromatic nitrogens is 1. The number of benzene rings is 2. The van der Waals surface area contributed by atoms with Crippen LogP contribution in [0.2, 0.25) is 0 Å². The zero-order valence-electron chi connectivity index (χ0n) is 15.7. The molecule has 152 valence electrons. The van der Waals surface area contributed by atoms with Gasteiger partial charge in [0.25, 0.3) is 5.91 Å². The molecular formula is C21H20F3N3OS. The maximum absolute atomic E-state index is 13.2. The number of hydrogen-bond donors (Lipinski definition) is 1. The minimum Gasteiger partial charge on any atom is -0.332 e.